The smallest absolute Gasteiger partial charge is 0.349 e. The zero-order valence-corrected chi connectivity index (χ0v) is 10.5. The van der Waals surface area contributed by atoms with Gasteiger partial charge in [0.2, 0.25) is 0 Å². The first-order chi connectivity index (χ1) is 8.93. The van der Waals surface area contributed by atoms with Crippen LogP contribution in [0, 0.1) is 21.4 Å². The Bertz CT molecular complexity index is 570. The van der Waals surface area contributed by atoms with Crippen molar-refractivity contribution in [1.29, 1.82) is 5.26 Å². The molecule has 0 unspecified atom stereocenters. The second-order valence-electron chi connectivity index (χ2n) is 3.98. The summed E-state index contributed by atoms with van der Waals surface area (Å²) in [5.41, 5.74) is 0.0870. The summed E-state index contributed by atoms with van der Waals surface area (Å²) in [7, 11) is 0. The number of nitro groups is 1. The topological polar surface area (TPSA) is 93.2 Å². The minimum Gasteiger partial charge on any atom is -0.459 e. The van der Waals surface area contributed by atoms with Crippen LogP contribution < -0.4 is 0 Å². The molecule has 19 heavy (non-hydrogen) atoms. The molecule has 6 nitrogen and oxygen atoms in total. The Morgan fingerprint density at radius 2 is 2.21 bits per heavy atom. The summed E-state index contributed by atoms with van der Waals surface area (Å²) in [6.45, 7) is 3.33. The van der Waals surface area contributed by atoms with E-state index < -0.39 is 10.9 Å². The average molecular weight is 260 g/mol. The van der Waals surface area contributed by atoms with Crippen LogP contribution in [-0.4, -0.2) is 17.0 Å². The van der Waals surface area contributed by atoms with Gasteiger partial charge in [-0.05, 0) is 25.5 Å². The maximum absolute atomic E-state index is 11.6. The van der Waals surface area contributed by atoms with E-state index in [0.717, 1.165) is 0 Å². The molecule has 0 atom stereocenters. The van der Waals surface area contributed by atoms with Crippen molar-refractivity contribution in [2.75, 3.05) is 0 Å². The fourth-order valence-electron chi connectivity index (χ4n) is 1.31. The Morgan fingerprint density at radius 3 is 2.74 bits per heavy atom. The summed E-state index contributed by atoms with van der Waals surface area (Å²) in [6.07, 6.45) is 0.923. The van der Waals surface area contributed by atoms with Gasteiger partial charge in [-0.2, -0.15) is 5.26 Å². The monoisotopic (exact) mass is 260 g/mol. The van der Waals surface area contributed by atoms with Gasteiger partial charge in [0.15, 0.2) is 0 Å². The maximum atomic E-state index is 11.6. The molecule has 0 bridgehead atoms. The van der Waals surface area contributed by atoms with Gasteiger partial charge in [-0.25, -0.2) is 4.79 Å². The second kappa shape index (κ2) is 6.31. The number of benzene rings is 1. The number of carbonyl (C=O) groups is 1. The molecule has 0 aromatic heterocycles. The minimum absolute atomic E-state index is 0.108. The molecule has 0 fully saturated rings. The fraction of sp³-hybridized carbons (Fsp3) is 0.231. The number of esters is 1. The van der Waals surface area contributed by atoms with Crippen molar-refractivity contribution in [3.8, 4) is 6.07 Å². The molecule has 1 rings (SSSR count). The van der Waals surface area contributed by atoms with E-state index in [0.29, 0.717) is 5.56 Å². The zero-order valence-electron chi connectivity index (χ0n) is 10.5. The highest BCUT2D eigenvalue weighted by atomic mass is 16.6. The van der Waals surface area contributed by atoms with Gasteiger partial charge < -0.3 is 4.74 Å². The second-order valence-corrected chi connectivity index (χ2v) is 3.98. The molecule has 1 aromatic rings. The first kappa shape index (κ1) is 14.4. The summed E-state index contributed by atoms with van der Waals surface area (Å²) < 4.78 is 4.89. The molecule has 0 aliphatic rings. The summed E-state index contributed by atoms with van der Waals surface area (Å²) in [5, 5.41) is 19.5. The van der Waals surface area contributed by atoms with E-state index in [1.807, 2.05) is 0 Å². The van der Waals surface area contributed by atoms with E-state index in [9.17, 15) is 14.9 Å². The number of carbonyl (C=O) groups excluding carboxylic acids is 1. The van der Waals surface area contributed by atoms with Gasteiger partial charge in [0.1, 0.15) is 11.6 Å². The molecule has 0 amide bonds. The number of nitrogens with zero attached hydrogens (tertiary/aromatic N) is 2. The normalized spacial score (nSPS) is 10.9. The number of hydrogen-bond acceptors (Lipinski definition) is 5. The molecule has 0 N–H and O–H groups in total. The van der Waals surface area contributed by atoms with Crippen molar-refractivity contribution in [1.82, 2.24) is 0 Å². The van der Waals surface area contributed by atoms with Crippen molar-refractivity contribution in [2.24, 2.45) is 0 Å². The van der Waals surface area contributed by atoms with Crippen LogP contribution in [0.3, 0.4) is 0 Å². The van der Waals surface area contributed by atoms with Crippen molar-refractivity contribution in [2.45, 2.75) is 20.0 Å². The number of rotatable bonds is 4. The number of nitriles is 1. The number of ether oxygens (including phenoxy) is 1. The number of hydrogen-bond donors (Lipinski definition) is 0. The lowest BCUT2D eigenvalue weighted by Crippen LogP contribution is -2.12. The van der Waals surface area contributed by atoms with Gasteiger partial charge in [0, 0.05) is 12.1 Å². The van der Waals surface area contributed by atoms with E-state index in [1.54, 1.807) is 26.0 Å². The lowest BCUT2D eigenvalue weighted by Gasteiger charge is -2.06. The summed E-state index contributed by atoms with van der Waals surface area (Å²) in [6, 6.07) is 7.37. The lowest BCUT2D eigenvalue weighted by atomic mass is 10.1. The average Bonchev–Trinajstić information content (AvgIpc) is 2.35. The zero-order chi connectivity index (χ0) is 14.4. The summed E-state index contributed by atoms with van der Waals surface area (Å²) in [4.78, 5) is 21.6. The Balaban J connectivity index is 3.05. The fourth-order valence-corrected chi connectivity index (χ4v) is 1.31. The van der Waals surface area contributed by atoms with Gasteiger partial charge in [0.25, 0.3) is 5.69 Å². The maximum Gasteiger partial charge on any atom is 0.349 e. The Labute approximate surface area is 110 Å². The van der Waals surface area contributed by atoms with E-state index in [-0.39, 0.29) is 17.4 Å². The summed E-state index contributed by atoms with van der Waals surface area (Å²) in [5.74, 6) is -0.746. The van der Waals surface area contributed by atoms with Crippen molar-refractivity contribution < 1.29 is 14.5 Å². The van der Waals surface area contributed by atoms with Crippen LogP contribution in [0.15, 0.2) is 29.8 Å². The predicted molar refractivity (Wildman–Crippen MR) is 67.9 cm³/mol. The van der Waals surface area contributed by atoms with Crippen molar-refractivity contribution in [3.05, 3.63) is 45.5 Å². The molecule has 0 heterocycles. The molecule has 0 radical (unpaired) electrons. The lowest BCUT2D eigenvalue weighted by molar-refractivity contribution is -0.384. The van der Waals surface area contributed by atoms with Gasteiger partial charge in [-0.1, -0.05) is 12.1 Å². The predicted octanol–water partition coefficient (Wildman–Crippen LogP) is 2.45. The molecule has 98 valence electrons. The van der Waals surface area contributed by atoms with E-state index in [4.69, 9.17) is 10.00 Å². The van der Waals surface area contributed by atoms with E-state index in [2.05, 4.69) is 0 Å². The van der Waals surface area contributed by atoms with E-state index >= 15 is 0 Å². The van der Waals surface area contributed by atoms with Crippen LogP contribution in [0.2, 0.25) is 0 Å². The molecule has 1 aromatic carbocycles. The quantitative estimate of drug-likeness (QED) is 0.272. The molecule has 0 aliphatic heterocycles. The van der Waals surface area contributed by atoms with E-state index in [1.165, 1.54) is 24.3 Å². The van der Waals surface area contributed by atoms with Crippen LogP contribution in [-0.2, 0) is 9.53 Å². The highest BCUT2D eigenvalue weighted by molar-refractivity contribution is 5.98. The van der Waals surface area contributed by atoms with Crippen LogP contribution in [0.4, 0.5) is 5.69 Å². The Morgan fingerprint density at radius 1 is 1.53 bits per heavy atom. The highest BCUT2D eigenvalue weighted by Gasteiger charge is 2.13. The summed E-state index contributed by atoms with van der Waals surface area (Å²) >= 11 is 0. The molecule has 0 spiro atoms. The molecular weight excluding hydrogens is 248 g/mol. The van der Waals surface area contributed by atoms with Crippen LogP contribution in [0.5, 0.6) is 0 Å². The van der Waals surface area contributed by atoms with Crippen molar-refractivity contribution >= 4 is 17.7 Å². The largest absolute Gasteiger partial charge is 0.459 e. The number of non-ortho nitro benzene ring substituents is 1. The molecular formula is C13H12N2O4. The third-order valence-electron chi connectivity index (χ3n) is 2.08. The third-order valence-corrected chi connectivity index (χ3v) is 2.08. The van der Waals surface area contributed by atoms with Gasteiger partial charge >= 0.3 is 5.97 Å². The highest BCUT2D eigenvalue weighted by Crippen LogP contribution is 2.16. The van der Waals surface area contributed by atoms with Crippen LogP contribution in [0.1, 0.15) is 19.4 Å². The SMILES string of the molecule is CC(C)OC(=O)/C(C#N)=C/c1cccc([N+](=O)[O-])c1. The third kappa shape index (κ3) is 4.24. The van der Waals surface area contributed by atoms with Gasteiger partial charge in [0.05, 0.1) is 11.0 Å². The number of nitro benzene ring substituents is 1. The van der Waals surface area contributed by atoms with Gasteiger partial charge in [-0.3, -0.25) is 10.1 Å². The first-order valence-electron chi connectivity index (χ1n) is 5.51. The Hall–Kier alpha value is -2.68. The van der Waals surface area contributed by atoms with Gasteiger partial charge in [-0.15, -0.1) is 0 Å². The molecule has 0 aliphatic carbocycles. The van der Waals surface area contributed by atoms with Crippen LogP contribution in [0.25, 0.3) is 6.08 Å². The molecule has 0 saturated carbocycles. The Kier molecular flexibility index (Phi) is 4.77. The van der Waals surface area contributed by atoms with Crippen molar-refractivity contribution in [3.63, 3.8) is 0 Å². The van der Waals surface area contributed by atoms with Crippen LogP contribution >= 0.6 is 0 Å². The standard InChI is InChI=1S/C13H12N2O4/c1-9(2)19-13(16)11(8-14)6-10-4-3-5-12(7-10)15(17)18/h3-7,9H,1-2H3/b11-6+. The minimum atomic E-state index is -0.746. The first-order valence-corrected chi connectivity index (χ1v) is 5.51. The molecule has 6 heteroatoms. The molecule has 0 saturated heterocycles.